The Morgan fingerprint density at radius 3 is 2.75 bits per heavy atom. The molecule has 12 heteroatoms. The van der Waals surface area contributed by atoms with E-state index in [0.29, 0.717) is 5.82 Å². The van der Waals surface area contributed by atoms with Crippen LogP contribution in [0.5, 0.6) is 0 Å². The molecule has 0 aliphatic carbocycles. The Morgan fingerprint density at radius 2 is 2.08 bits per heavy atom. The van der Waals surface area contributed by atoms with Crippen molar-refractivity contribution in [2.45, 2.75) is 4.90 Å². The largest absolute Gasteiger partial charge is 0.289 e. The second-order valence-electron chi connectivity index (χ2n) is 4.38. The summed E-state index contributed by atoms with van der Waals surface area (Å²) in [6.45, 7) is 0. The summed E-state index contributed by atoms with van der Waals surface area (Å²) in [6.07, 6.45) is 0. The molecule has 3 rings (SSSR count). The highest BCUT2D eigenvalue weighted by Crippen LogP contribution is 2.29. The molecule has 0 aliphatic rings. The fraction of sp³-hybridized carbons (Fsp3) is 0. The zero-order valence-electron chi connectivity index (χ0n) is 11.5. The normalized spacial score (nSPS) is 11.4. The number of rotatable bonds is 5. The first-order chi connectivity index (χ1) is 11.4. The third kappa shape index (κ3) is 3.38. The van der Waals surface area contributed by atoms with Crippen molar-refractivity contribution >= 4 is 55.3 Å². The van der Waals surface area contributed by atoms with Crippen molar-refractivity contribution in [2.75, 3.05) is 4.72 Å². The second kappa shape index (κ2) is 6.43. The van der Waals surface area contributed by atoms with Gasteiger partial charge in [0.1, 0.15) is 5.02 Å². The third-order valence-corrected chi connectivity index (χ3v) is 6.10. The van der Waals surface area contributed by atoms with Gasteiger partial charge < -0.3 is 0 Å². The van der Waals surface area contributed by atoms with Crippen molar-refractivity contribution < 1.29 is 13.3 Å². The van der Waals surface area contributed by atoms with Gasteiger partial charge in [-0.1, -0.05) is 17.7 Å². The van der Waals surface area contributed by atoms with E-state index in [0.717, 1.165) is 28.5 Å². The Hall–Kier alpha value is -2.08. The van der Waals surface area contributed by atoms with E-state index in [4.69, 9.17) is 11.6 Å². The summed E-state index contributed by atoms with van der Waals surface area (Å²) >= 11 is 7.99. The minimum Gasteiger partial charge on any atom is -0.258 e. The number of nitro groups is 1. The SMILES string of the molecule is O=[N+]([O-])c1cc(S(=O)(=O)Nc2nc(-c3cccs3)ns2)ccc1Cl. The maximum Gasteiger partial charge on any atom is 0.289 e. The van der Waals surface area contributed by atoms with E-state index in [9.17, 15) is 18.5 Å². The maximum absolute atomic E-state index is 12.3. The van der Waals surface area contributed by atoms with Crippen LogP contribution in [0.2, 0.25) is 5.02 Å². The summed E-state index contributed by atoms with van der Waals surface area (Å²) in [5.41, 5.74) is -0.490. The van der Waals surface area contributed by atoms with E-state index in [-0.39, 0.29) is 15.0 Å². The van der Waals surface area contributed by atoms with E-state index < -0.39 is 20.6 Å². The van der Waals surface area contributed by atoms with Crippen molar-refractivity contribution in [1.29, 1.82) is 0 Å². The fourth-order valence-electron chi connectivity index (χ4n) is 1.74. The quantitative estimate of drug-likeness (QED) is 0.514. The molecule has 1 aromatic carbocycles. The zero-order chi connectivity index (χ0) is 17.3. The predicted octanol–water partition coefficient (Wildman–Crippen LogP) is 3.63. The van der Waals surface area contributed by atoms with Crippen LogP contribution in [0.15, 0.2) is 40.6 Å². The summed E-state index contributed by atoms with van der Waals surface area (Å²) in [6, 6.07) is 6.88. The molecular formula is C12H7ClN4O4S3. The van der Waals surface area contributed by atoms with Gasteiger partial charge in [-0.2, -0.15) is 9.36 Å². The van der Waals surface area contributed by atoms with Gasteiger partial charge in [-0.15, -0.1) is 11.3 Å². The Balaban J connectivity index is 1.89. The molecule has 0 bridgehead atoms. The molecule has 3 aromatic rings. The third-order valence-electron chi connectivity index (χ3n) is 2.81. The number of sulfonamides is 1. The standard InChI is InChI=1S/C12H7ClN4O4S3/c13-8-4-3-7(6-9(8)17(18)19)24(20,21)16-12-14-11(15-23-12)10-2-1-5-22-10/h1-6H,(H,14,15,16). The molecule has 24 heavy (non-hydrogen) atoms. The summed E-state index contributed by atoms with van der Waals surface area (Å²) in [4.78, 5) is 14.8. The summed E-state index contributed by atoms with van der Waals surface area (Å²) in [7, 11) is -4.04. The zero-order valence-corrected chi connectivity index (χ0v) is 14.7. The molecule has 1 N–H and O–H groups in total. The molecule has 0 fully saturated rings. The Morgan fingerprint density at radius 1 is 1.29 bits per heavy atom. The molecule has 0 saturated carbocycles. The Kier molecular flexibility index (Phi) is 4.49. The number of nitro benzene ring substituents is 1. The van der Waals surface area contributed by atoms with Gasteiger partial charge in [-0.05, 0) is 23.6 Å². The number of hydrogen-bond donors (Lipinski definition) is 1. The first-order valence-electron chi connectivity index (χ1n) is 6.21. The fourth-order valence-corrected chi connectivity index (χ4v) is 4.47. The minimum absolute atomic E-state index is 0.0657. The topological polar surface area (TPSA) is 115 Å². The number of aromatic nitrogens is 2. The molecule has 0 radical (unpaired) electrons. The predicted molar refractivity (Wildman–Crippen MR) is 92.1 cm³/mol. The van der Waals surface area contributed by atoms with E-state index in [2.05, 4.69) is 14.1 Å². The lowest BCUT2D eigenvalue weighted by atomic mass is 10.3. The van der Waals surface area contributed by atoms with Crippen molar-refractivity contribution in [3.05, 3.63) is 50.8 Å². The molecular weight excluding hydrogens is 396 g/mol. The Labute approximate surface area is 149 Å². The number of nitrogens with one attached hydrogen (secondary N) is 1. The maximum atomic E-state index is 12.3. The lowest BCUT2D eigenvalue weighted by molar-refractivity contribution is -0.384. The lowest BCUT2D eigenvalue weighted by Gasteiger charge is -2.05. The van der Waals surface area contributed by atoms with Crippen LogP contribution in [0, 0.1) is 10.1 Å². The van der Waals surface area contributed by atoms with E-state index >= 15 is 0 Å². The van der Waals surface area contributed by atoms with E-state index in [1.54, 1.807) is 0 Å². The number of thiophene rings is 1. The smallest absolute Gasteiger partial charge is 0.258 e. The van der Waals surface area contributed by atoms with Gasteiger partial charge in [-0.25, -0.2) is 8.42 Å². The van der Waals surface area contributed by atoms with Crippen LogP contribution in [0.25, 0.3) is 10.7 Å². The summed E-state index contributed by atoms with van der Waals surface area (Å²) in [5.74, 6) is 0.412. The molecule has 0 saturated heterocycles. The van der Waals surface area contributed by atoms with Crippen molar-refractivity contribution in [3.8, 4) is 10.7 Å². The molecule has 0 aliphatic heterocycles. The number of nitrogens with zero attached hydrogens (tertiary/aromatic N) is 3. The van der Waals surface area contributed by atoms with Crippen LogP contribution in [-0.2, 0) is 10.0 Å². The van der Waals surface area contributed by atoms with Gasteiger partial charge in [0.15, 0.2) is 5.82 Å². The number of anilines is 1. The van der Waals surface area contributed by atoms with E-state index in [1.807, 2.05) is 17.5 Å². The van der Waals surface area contributed by atoms with Crippen molar-refractivity contribution in [1.82, 2.24) is 9.36 Å². The number of halogens is 1. The molecule has 2 aromatic heterocycles. The summed E-state index contributed by atoms with van der Waals surface area (Å²) < 4.78 is 31.0. The molecule has 8 nitrogen and oxygen atoms in total. The molecule has 0 unspecified atom stereocenters. The lowest BCUT2D eigenvalue weighted by Crippen LogP contribution is -2.13. The summed E-state index contributed by atoms with van der Waals surface area (Å²) in [5, 5.41) is 12.7. The van der Waals surface area contributed by atoms with Crippen LogP contribution in [0.3, 0.4) is 0 Å². The highest BCUT2D eigenvalue weighted by atomic mass is 35.5. The van der Waals surface area contributed by atoms with Crippen LogP contribution in [-0.4, -0.2) is 22.7 Å². The van der Waals surface area contributed by atoms with Gasteiger partial charge >= 0.3 is 0 Å². The van der Waals surface area contributed by atoms with Crippen molar-refractivity contribution in [3.63, 3.8) is 0 Å². The van der Waals surface area contributed by atoms with Crippen LogP contribution in [0.4, 0.5) is 10.8 Å². The molecule has 0 spiro atoms. The molecule has 124 valence electrons. The van der Waals surface area contributed by atoms with Crippen LogP contribution >= 0.6 is 34.5 Å². The van der Waals surface area contributed by atoms with Crippen molar-refractivity contribution in [2.24, 2.45) is 0 Å². The minimum atomic E-state index is -4.04. The first-order valence-corrected chi connectivity index (χ1v) is 9.72. The highest BCUT2D eigenvalue weighted by Gasteiger charge is 2.22. The molecule has 2 heterocycles. The monoisotopic (exact) mass is 402 g/mol. The van der Waals surface area contributed by atoms with Crippen LogP contribution < -0.4 is 4.72 Å². The average molecular weight is 403 g/mol. The van der Waals surface area contributed by atoms with E-state index in [1.165, 1.54) is 17.4 Å². The second-order valence-corrected chi connectivity index (χ2v) is 8.17. The number of benzene rings is 1. The Bertz CT molecular complexity index is 1000. The molecule has 0 amide bonds. The first kappa shape index (κ1) is 16.8. The molecule has 0 atom stereocenters. The van der Waals surface area contributed by atoms with Gasteiger partial charge in [0.2, 0.25) is 5.13 Å². The number of hydrogen-bond acceptors (Lipinski definition) is 8. The highest BCUT2D eigenvalue weighted by molar-refractivity contribution is 7.93. The van der Waals surface area contributed by atoms with Gasteiger partial charge in [0.05, 0.1) is 14.7 Å². The average Bonchev–Trinajstić information content (AvgIpc) is 3.17. The van der Waals surface area contributed by atoms with Crippen LogP contribution in [0.1, 0.15) is 0 Å². The van der Waals surface area contributed by atoms with Gasteiger partial charge in [-0.3, -0.25) is 14.8 Å². The van der Waals surface area contributed by atoms with Gasteiger partial charge in [0.25, 0.3) is 15.7 Å². The van der Waals surface area contributed by atoms with Gasteiger partial charge in [0, 0.05) is 17.6 Å².